The largest absolute Gasteiger partial charge is 0.487 e. The number of thiazole rings is 1. The van der Waals surface area contributed by atoms with Crippen molar-refractivity contribution in [3.05, 3.63) is 65.1 Å². The first-order valence-electron chi connectivity index (χ1n) is 11.1. The number of methoxy groups -OCH3 is 1. The van der Waals surface area contributed by atoms with Crippen LogP contribution < -0.4 is 14.8 Å². The van der Waals surface area contributed by atoms with Gasteiger partial charge >= 0.3 is 6.09 Å². The number of aromatic nitrogens is 4. The Morgan fingerprint density at radius 3 is 2.68 bits per heavy atom. The number of pyridine rings is 1. The fraction of sp³-hybridized carbons (Fsp3) is 0.160. The fourth-order valence-corrected chi connectivity index (χ4v) is 4.92. The highest BCUT2D eigenvalue weighted by Crippen LogP contribution is 2.40. The molecular formula is C25H18ClF2N5O4S. The molecule has 1 amide bonds. The van der Waals surface area contributed by atoms with Crippen LogP contribution in [-0.2, 0) is 4.74 Å². The lowest BCUT2D eigenvalue weighted by Crippen LogP contribution is -2.18. The number of anilines is 1. The first kappa shape index (κ1) is 25.5. The number of halogens is 3. The number of carbonyl (C=O) groups excluding carboxylic acids is 1. The van der Waals surface area contributed by atoms with Gasteiger partial charge in [0, 0.05) is 11.6 Å². The average molecular weight is 558 g/mol. The van der Waals surface area contributed by atoms with Gasteiger partial charge in [0.05, 0.1) is 40.9 Å². The number of carbonyl (C=O) groups is 1. The molecule has 0 unspecified atom stereocenters. The van der Waals surface area contributed by atoms with Gasteiger partial charge in [0.25, 0.3) is 0 Å². The highest BCUT2D eigenvalue weighted by Gasteiger charge is 2.20. The molecule has 0 aliphatic carbocycles. The number of nitrogens with zero attached hydrogens (tertiary/aromatic N) is 4. The quantitative estimate of drug-likeness (QED) is 0.187. The first-order valence-corrected chi connectivity index (χ1v) is 12.3. The number of fused-ring (bicyclic) bond motifs is 2. The van der Waals surface area contributed by atoms with E-state index in [2.05, 4.69) is 25.3 Å². The second-order valence-electron chi connectivity index (χ2n) is 7.94. The average Bonchev–Trinajstić information content (AvgIpc) is 3.34. The van der Waals surface area contributed by atoms with Crippen LogP contribution in [0.4, 0.5) is 19.3 Å². The van der Waals surface area contributed by atoms with E-state index in [1.807, 2.05) is 19.1 Å². The van der Waals surface area contributed by atoms with Gasteiger partial charge in [0.1, 0.15) is 28.8 Å². The SMILES string of the molecule is COc1cnc2c(-c3nc4c(Cl)c(F)c(OCCOC(=O)Nc5ccc(F)nc5)cc4s3)cc(C)cc2n1. The Kier molecular flexibility index (Phi) is 7.16. The van der Waals surface area contributed by atoms with E-state index < -0.39 is 17.9 Å². The van der Waals surface area contributed by atoms with Crippen LogP contribution in [0.5, 0.6) is 11.6 Å². The van der Waals surface area contributed by atoms with E-state index in [1.54, 1.807) is 0 Å². The van der Waals surface area contributed by atoms with Crippen LogP contribution in [0.25, 0.3) is 31.8 Å². The van der Waals surface area contributed by atoms with Crippen molar-refractivity contribution in [1.82, 2.24) is 19.9 Å². The molecule has 0 bridgehead atoms. The van der Waals surface area contributed by atoms with Gasteiger partial charge < -0.3 is 14.2 Å². The van der Waals surface area contributed by atoms with Crippen molar-refractivity contribution in [3.8, 4) is 22.2 Å². The Balaban J connectivity index is 1.33. The minimum atomic E-state index is -0.797. The van der Waals surface area contributed by atoms with Crippen molar-refractivity contribution in [2.45, 2.75) is 6.92 Å². The maximum atomic E-state index is 15.0. The number of aryl methyl sites for hydroxylation is 1. The molecule has 0 aliphatic rings. The third kappa shape index (κ3) is 5.27. The summed E-state index contributed by atoms with van der Waals surface area (Å²) in [6.07, 6.45) is 1.87. The highest BCUT2D eigenvalue weighted by atomic mass is 35.5. The standard InChI is InChI=1S/C25H18ClF2N5O4S/c1-12-7-14(22-15(8-12)32-19(35-2)11-30-22)24-33-23-17(38-24)9-16(21(28)20(23)26)36-5-6-37-25(34)31-13-3-4-18(27)29-10-13/h3-4,7-11H,5-6H2,1-2H3,(H,31,34). The number of rotatable bonds is 7. The van der Waals surface area contributed by atoms with Gasteiger partial charge in [-0.05, 0) is 36.8 Å². The minimum Gasteiger partial charge on any atom is -0.487 e. The van der Waals surface area contributed by atoms with Crippen LogP contribution in [-0.4, -0.2) is 46.4 Å². The lowest BCUT2D eigenvalue weighted by molar-refractivity contribution is 0.136. The van der Waals surface area contributed by atoms with E-state index >= 15 is 0 Å². The molecule has 0 aliphatic heterocycles. The van der Waals surface area contributed by atoms with Crippen molar-refractivity contribution in [2.24, 2.45) is 0 Å². The van der Waals surface area contributed by atoms with Crippen LogP contribution in [0.1, 0.15) is 5.56 Å². The summed E-state index contributed by atoms with van der Waals surface area (Å²) in [5, 5.41) is 2.79. The molecule has 2 aromatic carbocycles. The van der Waals surface area contributed by atoms with Crippen LogP contribution in [0, 0.1) is 18.7 Å². The number of amides is 1. The predicted molar refractivity (Wildman–Crippen MR) is 139 cm³/mol. The molecule has 0 spiro atoms. The normalized spacial score (nSPS) is 11.1. The van der Waals surface area contributed by atoms with Crippen LogP contribution in [0.2, 0.25) is 5.02 Å². The minimum absolute atomic E-state index is 0.108. The molecule has 0 radical (unpaired) electrons. The summed E-state index contributed by atoms with van der Waals surface area (Å²) in [6.45, 7) is 1.61. The van der Waals surface area contributed by atoms with Gasteiger partial charge in [-0.15, -0.1) is 11.3 Å². The molecule has 3 aromatic heterocycles. The van der Waals surface area contributed by atoms with E-state index in [-0.39, 0.29) is 35.2 Å². The van der Waals surface area contributed by atoms with E-state index in [9.17, 15) is 13.6 Å². The van der Waals surface area contributed by atoms with E-state index in [0.29, 0.717) is 26.6 Å². The number of benzene rings is 2. The zero-order valence-corrected chi connectivity index (χ0v) is 21.5. The summed E-state index contributed by atoms with van der Waals surface area (Å²) >= 11 is 7.60. The molecule has 38 heavy (non-hydrogen) atoms. The van der Waals surface area contributed by atoms with Crippen LogP contribution >= 0.6 is 22.9 Å². The molecule has 1 N–H and O–H groups in total. The molecule has 3 heterocycles. The van der Waals surface area contributed by atoms with Crippen molar-refractivity contribution < 1.29 is 27.8 Å². The Bertz CT molecular complexity index is 1670. The summed E-state index contributed by atoms with van der Waals surface area (Å²) in [7, 11) is 1.52. The van der Waals surface area contributed by atoms with Gasteiger partial charge in [-0.25, -0.2) is 29.1 Å². The van der Waals surface area contributed by atoms with Crippen LogP contribution in [0.15, 0.2) is 42.7 Å². The Morgan fingerprint density at radius 2 is 1.92 bits per heavy atom. The molecule has 9 nitrogen and oxygen atoms in total. The number of nitrogens with one attached hydrogen (secondary N) is 1. The van der Waals surface area contributed by atoms with Crippen molar-refractivity contribution >= 4 is 56.0 Å². The Hall–Kier alpha value is -4.16. The zero-order valence-electron chi connectivity index (χ0n) is 19.9. The molecule has 5 aromatic rings. The highest BCUT2D eigenvalue weighted by molar-refractivity contribution is 7.21. The molecule has 0 atom stereocenters. The van der Waals surface area contributed by atoms with Gasteiger partial charge in [0.15, 0.2) is 11.6 Å². The smallest absolute Gasteiger partial charge is 0.411 e. The molecule has 0 saturated carbocycles. The monoisotopic (exact) mass is 557 g/mol. The predicted octanol–water partition coefficient (Wildman–Crippen LogP) is 6.18. The zero-order chi connectivity index (χ0) is 26.8. The topological polar surface area (TPSA) is 108 Å². The molecule has 13 heteroatoms. The van der Waals surface area contributed by atoms with Gasteiger partial charge in [-0.1, -0.05) is 11.6 Å². The molecule has 0 fully saturated rings. The summed E-state index contributed by atoms with van der Waals surface area (Å²) in [5.41, 5.74) is 3.47. The molecule has 194 valence electrons. The lowest BCUT2D eigenvalue weighted by Gasteiger charge is -2.10. The van der Waals surface area contributed by atoms with Crippen molar-refractivity contribution in [3.63, 3.8) is 0 Å². The molecular weight excluding hydrogens is 540 g/mol. The third-order valence-electron chi connectivity index (χ3n) is 5.29. The number of hydrogen-bond acceptors (Lipinski definition) is 9. The van der Waals surface area contributed by atoms with Crippen LogP contribution in [0.3, 0.4) is 0 Å². The van der Waals surface area contributed by atoms with E-state index in [4.69, 9.17) is 25.8 Å². The van der Waals surface area contributed by atoms with E-state index in [1.165, 1.54) is 36.8 Å². The number of hydrogen-bond donors (Lipinski definition) is 1. The molecule has 0 saturated heterocycles. The van der Waals surface area contributed by atoms with Gasteiger partial charge in [0.2, 0.25) is 11.8 Å². The summed E-state index contributed by atoms with van der Waals surface area (Å²) in [6, 6.07) is 7.73. The second-order valence-corrected chi connectivity index (χ2v) is 9.35. The van der Waals surface area contributed by atoms with Gasteiger partial charge in [-0.3, -0.25) is 5.32 Å². The Morgan fingerprint density at radius 1 is 1.08 bits per heavy atom. The van der Waals surface area contributed by atoms with Crippen molar-refractivity contribution in [2.75, 3.05) is 25.6 Å². The lowest BCUT2D eigenvalue weighted by atomic mass is 10.1. The first-order chi connectivity index (χ1) is 18.3. The summed E-state index contributed by atoms with van der Waals surface area (Å²) < 4.78 is 44.1. The fourth-order valence-electron chi connectivity index (χ4n) is 3.60. The number of ether oxygens (including phenoxy) is 3. The summed E-state index contributed by atoms with van der Waals surface area (Å²) in [5.74, 6) is -1.18. The second kappa shape index (κ2) is 10.7. The molecule has 5 rings (SSSR count). The summed E-state index contributed by atoms with van der Waals surface area (Å²) in [4.78, 5) is 28.8. The van der Waals surface area contributed by atoms with Crippen molar-refractivity contribution in [1.29, 1.82) is 0 Å². The maximum absolute atomic E-state index is 15.0. The third-order valence-corrected chi connectivity index (χ3v) is 6.67. The maximum Gasteiger partial charge on any atom is 0.411 e. The Labute approximate surface area is 223 Å². The van der Waals surface area contributed by atoms with Gasteiger partial charge in [-0.2, -0.15) is 4.39 Å². The van der Waals surface area contributed by atoms with E-state index in [0.717, 1.165) is 23.4 Å².